The first-order valence-corrected chi connectivity index (χ1v) is 12.5. The number of carbonyl (C=O) groups excluding carboxylic acids is 2. The number of primary amides is 1. The van der Waals surface area contributed by atoms with Crippen molar-refractivity contribution in [2.75, 3.05) is 4.90 Å². The number of hydrogen-bond donors (Lipinski definition) is 1. The van der Waals surface area contributed by atoms with Gasteiger partial charge in [-0.05, 0) is 66.8 Å². The zero-order valence-corrected chi connectivity index (χ0v) is 20.7. The topological polar surface area (TPSA) is 81.2 Å². The number of amides is 2. The van der Waals surface area contributed by atoms with E-state index < -0.39 is 36.1 Å². The monoisotopic (exact) mass is 520 g/mol. The van der Waals surface area contributed by atoms with Crippen LogP contribution in [0.25, 0.3) is 16.6 Å². The van der Waals surface area contributed by atoms with Crippen LogP contribution in [-0.2, 0) is 16.0 Å². The molecule has 0 spiro atoms. The summed E-state index contributed by atoms with van der Waals surface area (Å²) in [5, 5.41) is 5.15. The molecule has 38 heavy (non-hydrogen) atoms. The number of hydrogen-bond acceptors (Lipinski definition) is 3. The second-order valence-corrected chi connectivity index (χ2v) is 9.69. The molecule has 1 aliphatic rings. The number of anilines is 1. The third-order valence-electron chi connectivity index (χ3n) is 7.37. The molecule has 0 radical (unpaired) electrons. The van der Waals surface area contributed by atoms with Crippen LogP contribution >= 0.6 is 0 Å². The minimum atomic E-state index is -3.73. The first kappa shape index (κ1) is 25.5. The lowest BCUT2D eigenvalue weighted by Gasteiger charge is -2.29. The van der Waals surface area contributed by atoms with Gasteiger partial charge in [0.25, 0.3) is 5.91 Å². The fourth-order valence-corrected chi connectivity index (χ4v) is 5.53. The van der Waals surface area contributed by atoms with Crippen LogP contribution in [0, 0.1) is 17.7 Å². The molecular formula is C29H27F3N4O2. The Hall–Kier alpha value is -4.14. The molecule has 1 aliphatic heterocycles. The van der Waals surface area contributed by atoms with E-state index in [2.05, 4.69) is 5.10 Å². The van der Waals surface area contributed by atoms with Gasteiger partial charge in [-0.15, -0.1) is 0 Å². The van der Waals surface area contributed by atoms with Crippen LogP contribution in [0.4, 0.5) is 18.9 Å². The Balaban J connectivity index is 1.53. The molecule has 0 saturated carbocycles. The van der Waals surface area contributed by atoms with Crippen molar-refractivity contribution in [3.05, 3.63) is 90.4 Å². The zero-order valence-electron chi connectivity index (χ0n) is 20.7. The smallest absolute Gasteiger partial charge is 0.324 e. The van der Waals surface area contributed by atoms with E-state index in [0.717, 1.165) is 16.5 Å². The second kappa shape index (κ2) is 9.96. The second-order valence-electron chi connectivity index (χ2n) is 9.69. The van der Waals surface area contributed by atoms with Crippen LogP contribution in [0.15, 0.2) is 79.0 Å². The average Bonchev–Trinajstić information content (AvgIpc) is 3.43. The predicted molar refractivity (Wildman–Crippen MR) is 138 cm³/mol. The Morgan fingerprint density at radius 1 is 1.03 bits per heavy atom. The number of fused-ring (bicyclic) bond motifs is 1. The molecule has 196 valence electrons. The molecular weight excluding hydrogens is 493 g/mol. The van der Waals surface area contributed by atoms with Crippen molar-refractivity contribution in [2.24, 2.45) is 17.6 Å². The van der Waals surface area contributed by atoms with Crippen LogP contribution in [0.1, 0.15) is 25.3 Å². The van der Waals surface area contributed by atoms with Gasteiger partial charge in [0.2, 0.25) is 5.91 Å². The van der Waals surface area contributed by atoms with Crippen molar-refractivity contribution in [3.8, 4) is 5.69 Å². The minimum absolute atomic E-state index is 0.267. The Morgan fingerprint density at radius 3 is 2.37 bits per heavy atom. The van der Waals surface area contributed by atoms with Crippen molar-refractivity contribution < 1.29 is 22.8 Å². The van der Waals surface area contributed by atoms with Gasteiger partial charge in [0.15, 0.2) is 0 Å². The van der Waals surface area contributed by atoms with Crippen molar-refractivity contribution in [2.45, 2.75) is 38.2 Å². The van der Waals surface area contributed by atoms with Gasteiger partial charge in [-0.1, -0.05) is 37.3 Å². The third-order valence-corrected chi connectivity index (χ3v) is 7.37. The third kappa shape index (κ3) is 4.64. The number of benzene rings is 3. The molecule has 2 N–H and O–H groups in total. The fourth-order valence-electron chi connectivity index (χ4n) is 5.53. The van der Waals surface area contributed by atoms with E-state index in [9.17, 15) is 22.8 Å². The van der Waals surface area contributed by atoms with Gasteiger partial charge < -0.3 is 10.6 Å². The number of carbonyl (C=O) groups is 2. The molecule has 0 aliphatic carbocycles. The summed E-state index contributed by atoms with van der Waals surface area (Å²) < 4.78 is 44.3. The quantitative estimate of drug-likeness (QED) is 0.344. The highest BCUT2D eigenvalue weighted by Gasteiger charge is 2.52. The summed E-state index contributed by atoms with van der Waals surface area (Å²) in [5.41, 5.74) is 7.86. The van der Waals surface area contributed by atoms with E-state index in [0.29, 0.717) is 17.8 Å². The van der Waals surface area contributed by atoms with Gasteiger partial charge in [0.05, 0.1) is 17.4 Å². The van der Waals surface area contributed by atoms with Gasteiger partial charge in [-0.2, -0.15) is 13.9 Å². The fraction of sp³-hybridized carbons (Fsp3) is 0.276. The van der Waals surface area contributed by atoms with Gasteiger partial charge in [-0.3, -0.25) is 9.59 Å². The molecule has 3 atom stereocenters. The maximum absolute atomic E-state index is 14.6. The van der Waals surface area contributed by atoms with Crippen molar-refractivity contribution in [3.63, 3.8) is 0 Å². The first-order chi connectivity index (χ1) is 18.2. The molecule has 1 aromatic heterocycles. The molecule has 5 rings (SSSR count). The molecule has 3 unspecified atom stereocenters. The van der Waals surface area contributed by atoms with Crippen LogP contribution in [0.5, 0.6) is 0 Å². The number of halogens is 3. The van der Waals surface area contributed by atoms with Crippen LogP contribution in [0.2, 0.25) is 0 Å². The maximum Gasteiger partial charge on any atom is 0.324 e. The van der Waals surface area contributed by atoms with Crippen LogP contribution in [-0.4, -0.2) is 33.6 Å². The summed E-state index contributed by atoms with van der Waals surface area (Å²) in [5.74, 6) is -7.57. The van der Waals surface area contributed by atoms with E-state index in [1.807, 2.05) is 37.3 Å². The molecule has 9 heteroatoms. The molecule has 0 bridgehead atoms. The largest absolute Gasteiger partial charge is 0.364 e. The molecule has 4 aromatic rings. The van der Waals surface area contributed by atoms with Crippen LogP contribution in [0.3, 0.4) is 0 Å². The molecule has 6 nitrogen and oxygen atoms in total. The molecule has 2 amide bonds. The Labute approximate surface area is 217 Å². The van der Waals surface area contributed by atoms with Crippen LogP contribution < -0.4 is 10.6 Å². The summed E-state index contributed by atoms with van der Waals surface area (Å²) in [7, 11) is 0. The minimum Gasteiger partial charge on any atom is -0.364 e. The number of alkyl halides is 2. The van der Waals surface area contributed by atoms with Crippen molar-refractivity contribution in [1.82, 2.24) is 9.78 Å². The van der Waals surface area contributed by atoms with Gasteiger partial charge in [-0.25, -0.2) is 9.07 Å². The Kier molecular flexibility index (Phi) is 6.69. The SMILES string of the molecule is CCC1C(CC(F)(F)C(N)=O)C(Cc2ccccc2)C(=O)N1c1ccc2c(cnn2-c2ccc(F)cc2)c1. The highest BCUT2D eigenvalue weighted by atomic mass is 19.3. The number of nitrogens with two attached hydrogens (primary N) is 1. The predicted octanol–water partition coefficient (Wildman–Crippen LogP) is 5.28. The average molecular weight is 521 g/mol. The number of nitrogens with zero attached hydrogens (tertiary/aromatic N) is 3. The Bertz CT molecular complexity index is 1470. The van der Waals surface area contributed by atoms with Gasteiger partial charge in [0, 0.05) is 29.5 Å². The molecule has 2 heterocycles. The van der Waals surface area contributed by atoms with E-state index >= 15 is 0 Å². The van der Waals surface area contributed by atoms with E-state index in [4.69, 9.17) is 5.73 Å². The van der Waals surface area contributed by atoms with Gasteiger partial charge >= 0.3 is 5.92 Å². The molecule has 1 saturated heterocycles. The summed E-state index contributed by atoms with van der Waals surface area (Å²) in [6.45, 7) is 1.84. The first-order valence-electron chi connectivity index (χ1n) is 12.5. The number of aromatic nitrogens is 2. The summed E-state index contributed by atoms with van der Waals surface area (Å²) in [6, 6.07) is 20.0. The normalized spacial score (nSPS) is 19.8. The lowest BCUT2D eigenvalue weighted by Crippen LogP contribution is -2.41. The van der Waals surface area contributed by atoms with E-state index in [1.165, 1.54) is 12.1 Å². The summed E-state index contributed by atoms with van der Waals surface area (Å²) in [4.78, 5) is 27.0. The maximum atomic E-state index is 14.6. The van der Waals surface area contributed by atoms with Crippen molar-refractivity contribution in [1.29, 1.82) is 0 Å². The van der Waals surface area contributed by atoms with E-state index in [-0.39, 0.29) is 18.1 Å². The highest BCUT2D eigenvalue weighted by Crippen LogP contribution is 2.44. The summed E-state index contributed by atoms with van der Waals surface area (Å²) >= 11 is 0. The number of rotatable bonds is 8. The highest BCUT2D eigenvalue weighted by molar-refractivity contribution is 6.00. The van der Waals surface area contributed by atoms with Crippen molar-refractivity contribution >= 4 is 28.4 Å². The Morgan fingerprint density at radius 2 is 1.71 bits per heavy atom. The lowest BCUT2D eigenvalue weighted by atomic mass is 9.81. The molecule has 3 aromatic carbocycles. The zero-order chi connectivity index (χ0) is 27.0. The molecule has 1 fully saturated rings. The standard InChI is InChI=1S/C29H27F3N4O2/c1-2-25-24(16-29(31,32)28(33)38)23(14-18-6-4-3-5-7-18)27(37)35(25)22-12-13-26-19(15-22)17-34-36(26)21-10-8-20(30)9-11-21/h3-13,15,17,23-25H,2,14,16H2,1H3,(H2,33,38). The summed E-state index contributed by atoms with van der Waals surface area (Å²) in [6.07, 6.45) is 1.54. The lowest BCUT2D eigenvalue weighted by molar-refractivity contribution is -0.145. The van der Waals surface area contributed by atoms with E-state index in [1.54, 1.807) is 46.1 Å². The van der Waals surface area contributed by atoms with Gasteiger partial charge in [0.1, 0.15) is 5.82 Å².